The molecule has 108 valence electrons. The largest absolute Gasteiger partial charge is 0.354 e. The monoisotopic (exact) mass is 272 g/mol. The van der Waals surface area contributed by atoms with E-state index in [9.17, 15) is 4.79 Å². The average molecular weight is 272 g/mol. The Morgan fingerprint density at radius 2 is 2.05 bits per heavy atom. The molecule has 0 heterocycles. The third-order valence-electron chi connectivity index (χ3n) is 3.85. The first-order valence-electron chi connectivity index (χ1n) is 7.44. The maximum Gasteiger partial charge on any atom is 0.241 e. The molecule has 0 spiro atoms. The molecular formula is C17H24N2O. The Hall–Kier alpha value is -1.61. The molecule has 0 bridgehead atoms. The number of hydrogen-bond donors (Lipinski definition) is 2. The summed E-state index contributed by atoms with van der Waals surface area (Å²) in [7, 11) is 0. The van der Waals surface area contributed by atoms with Crippen LogP contribution in [0, 0.1) is 6.92 Å². The Kier molecular flexibility index (Phi) is 5.36. The van der Waals surface area contributed by atoms with Gasteiger partial charge in [0.05, 0.1) is 0 Å². The smallest absolute Gasteiger partial charge is 0.241 e. The number of benzene rings is 1. The minimum atomic E-state index is -0.573. The van der Waals surface area contributed by atoms with Crippen molar-refractivity contribution in [2.24, 2.45) is 5.73 Å². The Balaban J connectivity index is 1.79. The quantitative estimate of drug-likeness (QED) is 0.810. The van der Waals surface area contributed by atoms with Crippen molar-refractivity contribution in [1.29, 1.82) is 0 Å². The van der Waals surface area contributed by atoms with Crippen molar-refractivity contribution in [3.63, 3.8) is 0 Å². The molecule has 0 radical (unpaired) electrons. The first kappa shape index (κ1) is 14.8. The van der Waals surface area contributed by atoms with Crippen LogP contribution in [0.1, 0.15) is 49.3 Å². The summed E-state index contributed by atoms with van der Waals surface area (Å²) in [6.45, 7) is 2.71. The average Bonchev–Trinajstić information content (AvgIpc) is 2.48. The standard InChI is InChI=1S/C17H24N2O/c1-13-7-9-15(10-8-13)16(18)17(20)19-12-11-14-5-3-2-4-6-14/h5,7-10,16H,2-4,6,11-12,18H2,1H3,(H,19,20). The normalized spacial score (nSPS) is 16.4. The summed E-state index contributed by atoms with van der Waals surface area (Å²) in [5.41, 5.74) is 9.49. The minimum absolute atomic E-state index is 0.0923. The van der Waals surface area contributed by atoms with Crippen LogP contribution < -0.4 is 11.1 Å². The molecule has 0 saturated carbocycles. The van der Waals surface area contributed by atoms with E-state index in [0.717, 1.165) is 12.0 Å². The second-order valence-electron chi connectivity index (χ2n) is 5.54. The van der Waals surface area contributed by atoms with E-state index in [2.05, 4.69) is 11.4 Å². The second kappa shape index (κ2) is 7.25. The lowest BCUT2D eigenvalue weighted by Gasteiger charge is -2.15. The van der Waals surface area contributed by atoms with E-state index in [1.54, 1.807) is 0 Å². The van der Waals surface area contributed by atoms with E-state index in [1.807, 2.05) is 31.2 Å². The number of aryl methyl sites for hydroxylation is 1. The predicted octanol–water partition coefficient (Wildman–Crippen LogP) is 3.00. The molecule has 2 rings (SSSR count). The topological polar surface area (TPSA) is 55.1 Å². The minimum Gasteiger partial charge on any atom is -0.354 e. The van der Waals surface area contributed by atoms with E-state index >= 15 is 0 Å². The number of rotatable bonds is 5. The summed E-state index contributed by atoms with van der Waals surface area (Å²) in [5.74, 6) is -0.0923. The van der Waals surface area contributed by atoms with Crippen LogP contribution in [-0.2, 0) is 4.79 Å². The van der Waals surface area contributed by atoms with Crippen molar-refractivity contribution in [3.05, 3.63) is 47.0 Å². The zero-order chi connectivity index (χ0) is 14.4. The van der Waals surface area contributed by atoms with Crippen LogP contribution in [0.15, 0.2) is 35.9 Å². The number of nitrogens with two attached hydrogens (primary N) is 1. The Morgan fingerprint density at radius 3 is 2.70 bits per heavy atom. The molecular weight excluding hydrogens is 248 g/mol. The molecule has 1 aromatic carbocycles. The number of carbonyl (C=O) groups excluding carboxylic acids is 1. The van der Waals surface area contributed by atoms with Crippen LogP contribution in [0.4, 0.5) is 0 Å². The van der Waals surface area contributed by atoms with Gasteiger partial charge in [0.15, 0.2) is 0 Å². The van der Waals surface area contributed by atoms with E-state index in [1.165, 1.54) is 36.8 Å². The number of nitrogens with one attached hydrogen (secondary N) is 1. The summed E-state index contributed by atoms with van der Waals surface area (Å²) in [6, 6.07) is 7.23. The number of carbonyl (C=O) groups is 1. The molecule has 0 aliphatic heterocycles. The highest BCUT2D eigenvalue weighted by molar-refractivity contribution is 5.82. The molecule has 1 atom stereocenters. The van der Waals surface area contributed by atoms with Crippen molar-refractivity contribution in [2.45, 2.75) is 45.1 Å². The number of amides is 1. The van der Waals surface area contributed by atoms with Gasteiger partial charge in [0, 0.05) is 6.54 Å². The van der Waals surface area contributed by atoms with Gasteiger partial charge in [-0.15, -0.1) is 0 Å². The van der Waals surface area contributed by atoms with Crippen LogP contribution in [0.25, 0.3) is 0 Å². The highest BCUT2D eigenvalue weighted by atomic mass is 16.2. The van der Waals surface area contributed by atoms with Gasteiger partial charge in [0.25, 0.3) is 0 Å². The Morgan fingerprint density at radius 1 is 1.30 bits per heavy atom. The maximum absolute atomic E-state index is 12.0. The number of allylic oxidation sites excluding steroid dienone is 1. The third-order valence-corrected chi connectivity index (χ3v) is 3.85. The molecule has 3 heteroatoms. The molecule has 0 fully saturated rings. The molecule has 3 nitrogen and oxygen atoms in total. The van der Waals surface area contributed by atoms with Crippen LogP contribution in [0.3, 0.4) is 0 Å². The molecule has 20 heavy (non-hydrogen) atoms. The van der Waals surface area contributed by atoms with Crippen LogP contribution in [-0.4, -0.2) is 12.5 Å². The van der Waals surface area contributed by atoms with Gasteiger partial charge in [-0.3, -0.25) is 4.79 Å². The highest BCUT2D eigenvalue weighted by Crippen LogP contribution is 2.19. The molecule has 1 unspecified atom stereocenters. The fraction of sp³-hybridized carbons (Fsp3) is 0.471. The van der Waals surface area contributed by atoms with E-state index in [-0.39, 0.29) is 5.91 Å². The van der Waals surface area contributed by atoms with Crippen molar-refractivity contribution < 1.29 is 4.79 Å². The number of hydrogen-bond acceptors (Lipinski definition) is 2. The van der Waals surface area contributed by atoms with Crippen LogP contribution in [0.2, 0.25) is 0 Å². The van der Waals surface area contributed by atoms with Gasteiger partial charge < -0.3 is 11.1 Å². The molecule has 1 amide bonds. The third kappa shape index (κ3) is 4.20. The van der Waals surface area contributed by atoms with Gasteiger partial charge in [-0.2, -0.15) is 0 Å². The van der Waals surface area contributed by atoms with E-state index in [0.29, 0.717) is 6.54 Å². The van der Waals surface area contributed by atoms with Crippen molar-refractivity contribution >= 4 is 5.91 Å². The molecule has 1 aliphatic carbocycles. The summed E-state index contributed by atoms with van der Waals surface area (Å²) < 4.78 is 0. The van der Waals surface area contributed by atoms with Crippen molar-refractivity contribution in [1.82, 2.24) is 5.32 Å². The lowest BCUT2D eigenvalue weighted by molar-refractivity contribution is -0.122. The second-order valence-corrected chi connectivity index (χ2v) is 5.54. The molecule has 0 aromatic heterocycles. The van der Waals surface area contributed by atoms with Crippen molar-refractivity contribution in [2.75, 3.05) is 6.54 Å². The SMILES string of the molecule is Cc1ccc(C(N)C(=O)NCCC2=CCCCC2)cc1. The zero-order valence-corrected chi connectivity index (χ0v) is 12.2. The van der Waals surface area contributed by atoms with Crippen molar-refractivity contribution in [3.8, 4) is 0 Å². The maximum atomic E-state index is 12.0. The summed E-state index contributed by atoms with van der Waals surface area (Å²) in [5, 5.41) is 2.94. The van der Waals surface area contributed by atoms with E-state index in [4.69, 9.17) is 5.73 Å². The van der Waals surface area contributed by atoms with Gasteiger partial charge in [-0.25, -0.2) is 0 Å². The van der Waals surface area contributed by atoms with Gasteiger partial charge in [0.2, 0.25) is 5.91 Å². The fourth-order valence-electron chi connectivity index (χ4n) is 2.51. The fourth-order valence-corrected chi connectivity index (χ4v) is 2.51. The predicted molar refractivity (Wildman–Crippen MR) is 82.3 cm³/mol. The highest BCUT2D eigenvalue weighted by Gasteiger charge is 2.15. The summed E-state index contributed by atoms with van der Waals surface area (Å²) in [4.78, 5) is 12.0. The Labute approximate surface area is 121 Å². The lowest BCUT2D eigenvalue weighted by Crippen LogP contribution is -2.34. The first-order chi connectivity index (χ1) is 9.66. The first-order valence-corrected chi connectivity index (χ1v) is 7.44. The van der Waals surface area contributed by atoms with Crippen LogP contribution >= 0.6 is 0 Å². The van der Waals surface area contributed by atoms with Gasteiger partial charge in [0.1, 0.15) is 6.04 Å². The lowest BCUT2D eigenvalue weighted by atomic mass is 9.97. The zero-order valence-electron chi connectivity index (χ0n) is 12.2. The summed E-state index contributed by atoms with van der Waals surface area (Å²) in [6.07, 6.45) is 8.21. The van der Waals surface area contributed by atoms with Gasteiger partial charge >= 0.3 is 0 Å². The molecule has 1 aliphatic rings. The van der Waals surface area contributed by atoms with E-state index < -0.39 is 6.04 Å². The molecule has 0 saturated heterocycles. The Bertz CT molecular complexity index is 476. The van der Waals surface area contributed by atoms with Gasteiger partial charge in [-0.05, 0) is 44.6 Å². The molecule has 3 N–H and O–H groups in total. The van der Waals surface area contributed by atoms with Gasteiger partial charge in [-0.1, -0.05) is 41.5 Å². The summed E-state index contributed by atoms with van der Waals surface area (Å²) >= 11 is 0. The van der Waals surface area contributed by atoms with Crippen LogP contribution in [0.5, 0.6) is 0 Å². The molecule has 1 aromatic rings.